The Morgan fingerprint density at radius 2 is 1.50 bits per heavy atom. The van der Waals surface area contributed by atoms with Crippen molar-refractivity contribution in [2.45, 2.75) is 109 Å². The van der Waals surface area contributed by atoms with E-state index in [1.54, 1.807) is 5.56 Å². The van der Waals surface area contributed by atoms with Crippen LogP contribution in [0.1, 0.15) is 114 Å². The van der Waals surface area contributed by atoms with Crippen LogP contribution in [-0.4, -0.2) is 19.3 Å². The van der Waals surface area contributed by atoms with Crippen molar-refractivity contribution in [2.24, 2.45) is 5.92 Å². The number of rotatable bonds is 10. The summed E-state index contributed by atoms with van der Waals surface area (Å²) < 4.78 is 12.3. The molecule has 1 saturated carbocycles. The van der Waals surface area contributed by atoms with Gasteiger partial charge in [0.05, 0.1) is 19.3 Å². The van der Waals surface area contributed by atoms with Gasteiger partial charge in [0.25, 0.3) is 0 Å². The zero-order chi connectivity index (χ0) is 19.6. The minimum atomic E-state index is 0.114. The highest BCUT2D eigenvalue weighted by molar-refractivity contribution is 5.28. The molecule has 28 heavy (non-hydrogen) atoms. The first-order chi connectivity index (χ1) is 13.8. The number of benzene rings is 1. The molecule has 1 heterocycles. The summed E-state index contributed by atoms with van der Waals surface area (Å²) in [5.74, 6) is 1.65. The molecule has 0 unspecified atom stereocenters. The number of unbranched alkanes of at least 4 members (excludes halogenated alkanes) is 4. The third-order valence-electron chi connectivity index (χ3n) is 6.90. The van der Waals surface area contributed by atoms with E-state index in [1.807, 2.05) is 0 Å². The second-order valence-corrected chi connectivity index (χ2v) is 9.09. The van der Waals surface area contributed by atoms with Crippen molar-refractivity contribution in [3.05, 3.63) is 35.4 Å². The molecular weight excluding hydrogens is 344 g/mol. The molecule has 1 aromatic carbocycles. The quantitative estimate of drug-likeness (QED) is 0.386. The maximum absolute atomic E-state index is 6.17. The Morgan fingerprint density at radius 3 is 2.21 bits per heavy atom. The Hall–Kier alpha value is -0.860. The standard InChI is InChI=1S/C26H42O2/c1-3-5-6-7-8-13-24-19-28-26(20-27-24)23-17-15-22(16-18-23)25-14-10-9-12-21(25)11-4-2/h15-18,21,24-26H,3-14,19-20H2,1-2H3/t21-,24+,25-,26+/m1/s1. The zero-order valence-electron chi connectivity index (χ0n) is 18.3. The fourth-order valence-corrected chi connectivity index (χ4v) is 5.20. The van der Waals surface area contributed by atoms with Gasteiger partial charge in [-0.2, -0.15) is 0 Å². The molecule has 2 heteroatoms. The summed E-state index contributed by atoms with van der Waals surface area (Å²) in [7, 11) is 0. The summed E-state index contributed by atoms with van der Waals surface area (Å²) >= 11 is 0. The molecule has 2 aliphatic rings. The molecule has 1 aliphatic heterocycles. The Kier molecular flexibility index (Phi) is 9.34. The van der Waals surface area contributed by atoms with Gasteiger partial charge in [-0.1, -0.05) is 95.9 Å². The maximum atomic E-state index is 6.17. The largest absolute Gasteiger partial charge is 0.373 e. The summed E-state index contributed by atoms with van der Waals surface area (Å²) in [6.45, 7) is 6.05. The van der Waals surface area contributed by atoms with E-state index in [4.69, 9.17) is 9.47 Å². The van der Waals surface area contributed by atoms with Crippen LogP contribution in [0.2, 0.25) is 0 Å². The van der Waals surface area contributed by atoms with Crippen LogP contribution in [0.25, 0.3) is 0 Å². The lowest BCUT2D eigenvalue weighted by atomic mass is 9.73. The average Bonchev–Trinajstić information content (AvgIpc) is 2.75. The first kappa shape index (κ1) is 21.8. The minimum absolute atomic E-state index is 0.114. The summed E-state index contributed by atoms with van der Waals surface area (Å²) in [4.78, 5) is 0. The minimum Gasteiger partial charge on any atom is -0.373 e. The molecule has 0 radical (unpaired) electrons. The van der Waals surface area contributed by atoms with E-state index >= 15 is 0 Å². The van der Waals surface area contributed by atoms with Crippen LogP contribution >= 0.6 is 0 Å². The number of ether oxygens (including phenoxy) is 2. The highest BCUT2D eigenvalue weighted by Crippen LogP contribution is 2.40. The predicted molar refractivity (Wildman–Crippen MR) is 118 cm³/mol. The summed E-state index contributed by atoms with van der Waals surface area (Å²) in [5, 5.41) is 0. The van der Waals surface area contributed by atoms with Crippen LogP contribution in [-0.2, 0) is 9.47 Å². The van der Waals surface area contributed by atoms with Crippen LogP contribution in [0.5, 0.6) is 0 Å². The maximum Gasteiger partial charge on any atom is 0.106 e. The van der Waals surface area contributed by atoms with Crippen molar-refractivity contribution in [3.63, 3.8) is 0 Å². The van der Waals surface area contributed by atoms with Gasteiger partial charge in [0.15, 0.2) is 0 Å². The van der Waals surface area contributed by atoms with Gasteiger partial charge >= 0.3 is 0 Å². The lowest BCUT2D eigenvalue weighted by Crippen LogP contribution is -2.31. The summed E-state index contributed by atoms with van der Waals surface area (Å²) in [6.07, 6.45) is 16.5. The molecule has 1 aliphatic carbocycles. The molecular formula is C26H42O2. The fourth-order valence-electron chi connectivity index (χ4n) is 5.20. The summed E-state index contributed by atoms with van der Waals surface area (Å²) in [5.41, 5.74) is 2.83. The van der Waals surface area contributed by atoms with Gasteiger partial charge < -0.3 is 9.47 Å². The molecule has 0 spiro atoms. The van der Waals surface area contributed by atoms with Crippen molar-refractivity contribution in [1.29, 1.82) is 0 Å². The van der Waals surface area contributed by atoms with Gasteiger partial charge in [0, 0.05) is 0 Å². The van der Waals surface area contributed by atoms with Crippen molar-refractivity contribution in [1.82, 2.24) is 0 Å². The zero-order valence-corrected chi connectivity index (χ0v) is 18.3. The van der Waals surface area contributed by atoms with Crippen molar-refractivity contribution in [3.8, 4) is 0 Å². The normalized spacial score (nSPS) is 28.4. The molecule has 0 bridgehead atoms. The van der Waals surface area contributed by atoms with Crippen molar-refractivity contribution < 1.29 is 9.47 Å². The van der Waals surface area contributed by atoms with Gasteiger partial charge in [-0.05, 0) is 42.2 Å². The molecule has 1 saturated heterocycles. The van der Waals surface area contributed by atoms with E-state index in [0.717, 1.165) is 24.9 Å². The highest BCUT2D eigenvalue weighted by atomic mass is 16.6. The predicted octanol–water partition coefficient (Wildman–Crippen LogP) is 7.58. The van der Waals surface area contributed by atoms with E-state index in [9.17, 15) is 0 Å². The Bertz CT molecular complexity index is 528. The molecule has 2 nitrogen and oxygen atoms in total. The van der Waals surface area contributed by atoms with Crippen molar-refractivity contribution >= 4 is 0 Å². The number of hydrogen-bond acceptors (Lipinski definition) is 2. The third-order valence-corrected chi connectivity index (χ3v) is 6.90. The molecule has 2 fully saturated rings. The molecule has 0 aromatic heterocycles. The van der Waals surface area contributed by atoms with Crippen LogP contribution in [0.3, 0.4) is 0 Å². The Morgan fingerprint density at radius 1 is 0.750 bits per heavy atom. The molecule has 4 atom stereocenters. The van der Waals surface area contributed by atoms with Gasteiger partial charge in [-0.3, -0.25) is 0 Å². The Labute approximate surface area is 173 Å². The van der Waals surface area contributed by atoms with Crippen LogP contribution < -0.4 is 0 Å². The second kappa shape index (κ2) is 12.0. The van der Waals surface area contributed by atoms with Gasteiger partial charge in [0.2, 0.25) is 0 Å². The molecule has 158 valence electrons. The fraction of sp³-hybridized carbons (Fsp3) is 0.769. The third kappa shape index (κ3) is 6.32. The Balaban J connectivity index is 1.45. The van der Waals surface area contributed by atoms with E-state index in [0.29, 0.717) is 12.7 Å². The van der Waals surface area contributed by atoms with E-state index in [-0.39, 0.29) is 6.10 Å². The van der Waals surface area contributed by atoms with E-state index in [1.165, 1.54) is 76.2 Å². The lowest BCUT2D eigenvalue weighted by molar-refractivity contribution is -0.137. The van der Waals surface area contributed by atoms with Crippen LogP contribution in [0.4, 0.5) is 0 Å². The monoisotopic (exact) mass is 386 g/mol. The van der Waals surface area contributed by atoms with Gasteiger partial charge in [0.1, 0.15) is 6.10 Å². The van der Waals surface area contributed by atoms with Crippen LogP contribution in [0, 0.1) is 5.92 Å². The van der Waals surface area contributed by atoms with E-state index in [2.05, 4.69) is 38.1 Å². The van der Waals surface area contributed by atoms with Crippen LogP contribution in [0.15, 0.2) is 24.3 Å². The van der Waals surface area contributed by atoms with Gasteiger partial charge in [-0.25, -0.2) is 0 Å². The molecule has 0 amide bonds. The topological polar surface area (TPSA) is 18.5 Å². The molecule has 1 aromatic rings. The summed E-state index contributed by atoms with van der Waals surface area (Å²) in [6, 6.07) is 9.34. The smallest absolute Gasteiger partial charge is 0.106 e. The second-order valence-electron chi connectivity index (χ2n) is 9.09. The van der Waals surface area contributed by atoms with Crippen molar-refractivity contribution in [2.75, 3.05) is 13.2 Å². The van der Waals surface area contributed by atoms with E-state index < -0.39 is 0 Å². The lowest BCUT2D eigenvalue weighted by Gasteiger charge is -2.33. The highest BCUT2D eigenvalue weighted by Gasteiger charge is 2.27. The number of hydrogen-bond donors (Lipinski definition) is 0. The SMILES string of the molecule is CCCCCCC[C@H]1CO[C@H](c2ccc([C@@H]3CCCC[C@H]3CCC)cc2)CO1. The molecule has 3 rings (SSSR count). The first-order valence-electron chi connectivity index (χ1n) is 12.1. The average molecular weight is 387 g/mol. The molecule has 0 N–H and O–H groups in total. The van der Waals surface area contributed by atoms with Gasteiger partial charge in [-0.15, -0.1) is 0 Å². The first-order valence-corrected chi connectivity index (χ1v) is 12.1.